The molecule has 2 unspecified atom stereocenters. The molecule has 0 heterocycles. The quantitative estimate of drug-likeness (QED) is 0.477. The van der Waals surface area contributed by atoms with E-state index in [1.54, 1.807) is 0 Å². The van der Waals surface area contributed by atoms with Crippen LogP contribution in [0.5, 0.6) is 0 Å². The van der Waals surface area contributed by atoms with Crippen molar-refractivity contribution in [1.82, 2.24) is 0 Å². The van der Waals surface area contributed by atoms with Crippen molar-refractivity contribution in [3.05, 3.63) is 25.3 Å². The van der Waals surface area contributed by atoms with Crippen molar-refractivity contribution in [2.75, 3.05) is 0 Å². The summed E-state index contributed by atoms with van der Waals surface area (Å²) in [6, 6.07) is 0. The predicted molar refractivity (Wildman–Crippen MR) is 55.5 cm³/mol. The second-order valence-electron chi connectivity index (χ2n) is 3.93. The van der Waals surface area contributed by atoms with Crippen molar-refractivity contribution in [3.8, 4) is 0 Å². The van der Waals surface area contributed by atoms with Gasteiger partial charge in [0, 0.05) is 5.41 Å². The first-order valence-corrected chi connectivity index (χ1v) is 4.99. The standard InChI is InChI=1S/C12H18O/c1-3-8-12(10-13)9-6-5-7-11(12)4-2/h3-4,10-11H,1-2,5-9H2. The molecule has 0 spiro atoms. The van der Waals surface area contributed by atoms with Crippen LogP contribution >= 0.6 is 0 Å². The molecule has 72 valence electrons. The van der Waals surface area contributed by atoms with Gasteiger partial charge in [-0.2, -0.15) is 0 Å². The van der Waals surface area contributed by atoms with Crippen molar-refractivity contribution < 1.29 is 4.79 Å². The third-order valence-corrected chi connectivity index (χ3v) is 3.19. The summed E-state index contributed by atoms with van der Waals surface area (Å²) < 4.78 is 0. The molecule has 0 amide bonds. The number of allylic oxidation sites excluding steroid dienone is 2. The maximum Gasteiger partial charge on any atom is 0.127 e. The van der Waals surface area contributed by atoms with Gasteiger partial charge in [0.2, 0.25) is 0 Å². The van der Waals surface area contributed by atoms with Gasteiger partial charge < -0.3 is 4.79 Å². The molecule has 1 aliphatic rings. The minimum atomic E-state index is -0.179. The summed E-state index contributed by atoms with van der Waals surface area (Å²) in [5.74, 6) is 0.358. The van der Waals surface area contributed by atoms with Gasteiger partial charge in [-0.25, -0.2) is 0 Å². The first kappa shape index (κ1) is 10.2. The van der Waals surface area contributed by atoms with Crippen LogP contribution < -0.4 is 0 Å². The van der Waals surface area contributed by atoms with Crippen molar-refractivity contribution in [2.45, 2.75) is 32.1 Å². The zero-order chi connectivity index (χ0) is 9.73. The van der Waals surface area contributed by atoms with E-state index < -0.39 is 0 Å². The highest BCUT2D eigenvalue weighted by atomic mass is 16.1. The van der Waals surface area contributed by atoms with Crippen LogP contribution in [0.1, 0.15) is 32.1 Å². The molecular weight excluding hydrogens is 160 g/mol. The van der Waals surface area contributed by atoms with Crippen molar-refractivity contribution in [2.24, 2.45) is 11.3 Å². The average molecular weight is 178 g/mol. The molecule has 0 aliphatic heterocycles. The van der Waals surface area contributed by atoms with E-state index in [9.17, 15) is 4.79 Å². The van der Waals surface area contributed by atoms with Gasteiger partial charge in [-0.15, -0.1) is 13.2 Å². The molecule has 0 saturated heterocycles. The van der Waals surface area contributed by atoms with E-state index in [-0.39, 0.29) is 5.41 Å². The van der Waals surface area contributed by atoms with Crippen molar-refractivity contribution >= 4 is 6.29 Å². The topological polar surface area (TPSA) is 17.1 Å². The summed E-state index contributed by atoms with van der Waals surface area (Å²) in [5.41, 5.74) is -0.179. The maximum absolute atomic E-state index is 11.1. The Morgan fingerprint density at radius 3 is 2.69 bits per heavy atom. The van der Waals surface area contributed by atoms with Crippen LogP contribution in [0, 0.1) is 11.3 Å². The normalized spacial score (nSPS) is 33.7. The number of aldehydes is 1. The van der Waals surface area contributed by atoms with E-state index >= 15 is 0 Å². The first-order valence-electron chi connectivity index (χ1n) is 4.99. The fourth-order valence-electron chi connectivity index (χ4n) is 2.36. The Hall–Kier alpha value is -0.850. The monoisotopic (exact) mass is 178 g/mol. The number of hydrogen-bond acceptors (Lipinski definition) is 1. The lowest BCUT2D eigenvalue weighted by Gasteiger charge is -2.37. The van der Waals surface area contributed by atoms with Crippen LogP contribution in [0.4, 0.5) is 0 Å². The minimum absolute atomic E-state index is 0.179. The summed E-state index contributed by atoms with van der Waals surface area (Å²) in [6.45, 7) is 7.54. The molecule has 2 atom stereocenters. The SMILES string of the molecule is C=CCC1(C=O)CCCCC1C=C. The molecule has 1 fully saturated rings. The van der Waals surface area contributed by atoms with Gasteiger partial charge in [-0.3, -0.25) is 0 Å². The van der Waals surface area contributed by atoms with Gasteiger partial charge in [-0.05, 0) is 25.2 Å². The van der Waals surface area contributed by atoms with E-state index in [0.717, 1.165) is 32.0 Å². The number of carbonyl (C=O) groups excluding carboxylic acids is 1. The Bertz CT molecular complexity index is 207. The minimum Gasteiger partial charge on any atom is -0.303 e. The molecule has 0 aromatic carbocycles. The highest BCUT2D eigenvalue weighted by Gasteiger charge is 2.37. The third kappa shape index (κ3) is 1.90. The second kappa shape index (κ2) is 4.40. The predicted octanol–water partition coefficient (Wildman–Crippen LogP) is 3.12. The van der Waals surface area contributed by atoms with Gasteiger partial charge in [0.15, 0.2) is 0 Å². The molecule has 1 saturated carbocycles. The highest BCUT2D eigenvalue weighted by Crippen LogP contribution is 2.43. The Balaban J connectivity index is 2.83. The Morgan fingerprint density at radius 2 is 2.15 bits per heavy atom. The summed E-state index contributed by atoms with van der Waals surface area (Å²) in [6.07, 6.45) is 10.2. The molecule has 1 rings (SSSR count). The van der Waals surface area contributed by atoms with E-state index in [1.165, 1.54) is 6.42 Å². The maximum atomic E-state index is 11.1. The van der Waals surface area contributed by atoms with Crippen LogP contribution in [-0.2, 0) is 4.79 Å². The molecule has 0 aromatic rings. The van der Waals surface area contributed by atoms with Crippen LogP contribution in [0.2, 0.25) is 0 Å². The molecule has 1 nitrogen and oxygen atoms in total. The smallest absolute Gasteiger partial charge is 0.127 e. The summed E-state index contributed by atoms with van der Waals surface area (Å²) in [4.78, 5) is 11.1. The van der Waals surface area contributed by atoms with Crippen molar-refractivity contribution in [3.63, 3.8) is 0 Å². The van der Waals surface area contributed by atoms with Gasteiger partial charge in [0.1, 0.15) is 6.29 Å². The Labute approximate surface area is 80.5 Å². The summed E-state index contributed by atoms with van der Waals surface area (Å²) >= 11 is 0. The molecule has 0 aromatic heterocycles. The average Bonchev–Trinajstić information content (AvgIpc) is 2.19. The molecular formula is C12H18O. The van der Waals surface area contributed by atoms with Crippen LogP contribution in [0.3, 0.4) is 0 Å². The molecule has 13 heavy (non-hydrogen) atoms. The zero-order valence-corrected chi connectivity index (χ0v) is 8.17. The van der Waals surface area contributed by atoms with Gasteiger partial charge in [0.25, 0.3) is 0 Å². The molecule has 1 heteroatoms. The van der Waals surface area contributed by atoms with Crippen LogP contribution in [0.15, 0.2) is 25.3 Å². The number of hydrogen-bond donors (Lipinski definition) is 0. The lowest BCUT2D eigenvalue weighted by molar-refractivity contribution is -0.119. The number of carbonyl (C=O) groups is 1. The van der Waals surface area contributed by atoms with Gasteiger partial charge in [0.05, 0.1) is 0 Å². The fourth-order valence-corrected chi connectivity index (χ4v) is 2.36. The lowest BCUT2D eigenvalue weighted by atomic mass is 9.65. The summed E-state index contributed by atoms with van der Waals surface area (Å²) in [7, 11) is 0. The van der Waals surface area contributed by atoms with E-state index in [1.807, 2.05) is 12.2 Å². The summed E-state index contributed by atoms with van der Waals surface area (Å²) in [5, 5.41) is 0. The fraction of sp³-hybridized carbons (Fsp3) is 0.583. The third-order valence-electron chi connectivity index (χ3n) is 3.19. The molecule has 0 radical (unpaired) electrons. The second-order valence-corrected chi connectivity index (χ2v) is 3.93. The van der Waals surface area contributed by atoms with Crippen LogP contribution in [0.25, 0.3) is 0 Å². The molecule has 0 N–H and O–H groups in total. The van der Waals surface area contributed by atoms with E-state index in [0.29, 0.717) is 5.92 Å². The Kier molecular flexibility index (Phi) is 3.47. The van der Waals surface area contributed by atoms with Crippen LogP contribution in [-0.4, -0.2) is 6.29 Å². The Morgan fingerprint density at radius 1 is 1.38 bits per heavy atom. The molecule has 0 bridgehead atoms. The largest absolute Gasteiger partial charge is 0.303 e. The number of rotatable bonds is 4. The van der Waals surface area contributed by atoms with E-state index in [2.05, 4.69) is 13.2 Å². The van der Waals surface area contributed by atoms with Gasteiger partial charge >= 0.3 is 0 Å². The molecule has 1 aliphatic carbocycles. The van der Waals surface area contributed by atoms with Crippen molar-refractivity contribution in [1.29, 1.82) is 0 Å². The first-order chi connectivity index (χ1) is 6.29. The zero-order valence-electron chi connectivity index (χ0n) is 8.17. The lowest BCUT2D eigenvalue weighted by Crippen LogP contribution is -2.33. The van der Waals surface area contributed by atoms with Gasteiger partial charge in [-0.1, -0.05) is 25.0 Å². The highest BCUT2D eigenvalue weighted by molar-refractivity contribution is 5.61. The van der Waals surface area contributed by atoms with E-state index in [4.69, 9.17) is 0 Å².